The van der Waals surface area contributed by atoms with E-state index in [2.05, 4.69) is 33.9 Å². The summed E-state index contributed by atoms with van der Waals surface area (Å²) < 4.78 is 85.5. The molecule has 78 heavy (non-hydrogen) atoms. The Morgan fingerprint density at radius 3 is 1.40 bits per heavy atom. The van der Waals surface area contributed by atoms with Crippen molar-refractivity contribution in [1.29, 1.82) is 0 Å². The molecular weight excluding hydrogens is 1070 g/mol. The van der Waals surface area contributed by atoms with Crippen LogP contribution in [0.15, 0.2) is 59.9 Å². The first-order valence-corrected chi connectivity index (χ1v) is 28.2. The zero-order valence-electron chi connectivity index (χ0n) is 42.7. The molecule has 5 unspecified atom stereocenters. The Hall–Kier alpha value is -5.46. The van der Waals surface area contributed by atoms with Gasteiger partial charge < -0.3 is 69.0 Å². The molecule has 2 saturated carbocycles. The number of likely N-dealkylation sites (tertiary alicyclic amines) is 3. The van der Waals surface area contributed by atoms with Crippen LogP contribution < -0.4 is 14.2 Å². The number of aliphatic hydroxyl groups is 4. The molecule has 3 aromatic carbocycles. The minimum atomic E-state index is -4.67. The molecule has 6 aliphatic heterocycles. The van der Waals surface area contributed by atoms with Gasteiger partial charge in [0, 0.05) is 47.7 Å². The second-order valence-corrected chi connectivity index (χ2v) is 24.3. The second kappa shape index (κ2) is 18.0. The zero-order valence-corrected chi connectivity index (χ0v) is 44.4. The van der Waals surface area contributed by atoms with Crippen molar-refractivity contribution in [1.82, 2.24) is 14.7 Å². The molecule has 3 spiro atoms. The van der Waals surface area contributed by atoms with E-state index in [1.165, 1.54) is 16.7 Å². The SMILES string of the molecule is CN1CC[C@]23c4c5ccc(O)c4OC2C(=O)CC(O)[C@@]3(O)[C@H]1C5.CN1CC[C@]23c4c5ccc(O)c4OC2C(=O)CC(O)[C@@]3(O)[C@H]1C5.COC1=CC=C2[C@H]3Cc4ccc(O)c5c4[C@@]2(CCN3C)C1O5.O=S(=O)(O)O.O=S(=O)(O)[OH2+]. The van der Waals surface area contributed by atoms with Gasteiger partial charge >= 0.3 is 20.8 Å². The number of carbonyl (C=O) groups excluding carboxylic acids is 2. The van der Waals surface area contributed by atoms with E-state index in [0.29, 0.717) is 62.1 Å². The van der Waals surface area contributed by atoms with Crippen molar-refractivity contribution in [2.45, 2.75) is 127 Å². The molecule has 0 aromatic heterocycles. The quantitative estimate of drug-likeness (QED) is 0.108. The Morgan fingerprint density at radius 2 is 0.974 bits per heavy atom. The molecule has 0 radical (unpaired) electrons. The minimum Gasteiger partial charge on any atom is -0.504 e. The fourth-order valence-electron chi connectivity index (χ4n) is 16.1. The fraction of sp³-hybridized carbons (Fsp3) is 0.538. The van der Waals surface area contributed by atoms with Gasteiger partial charge in [0.05, 0.1) is 35.6 Å². The first kappa shape index (κ1) is 54.5. The molecule has 6 aliphatic carbocycles. The van der Waals surface area contributed by atoms with Gasteiger partial charge in [0.1, 0.15) is 17.0 Å². The lowest BCUT2D eigenvalue weighted by Gasteiger charge is -2.63. The van der Waals surface area contributed by atoms with E-state index in [0.717, 1.165) is 47.4 Å². The summed E-state index contributed by atoms with van der Waals surface area (Å²) in [6, 6.07) is 10.6. The number of benzene rings is 3. The van der Waals surface area contributed by atoms with E-state index in [1.807, 2.05) is 32.3 Å². The molecule has 5 fully saturated rings. The average Bonchev–Trinajstić information content (AvgIpc) is 3.59. The standard InChI is InChI=1S/C18H19NO3.2C17H19NO5.2H2O4S/c1-19-8-7-18-11-4-6-14(21-2)17(18)22-16-13(20)5-3-10(15(16)18)9-12(11)19;2*1-18-5-4-16-13-8-2-3-9(19)14(13)23-15(16)10(20)7-12(21)17(16,22)11(18)6-8;2*1-5(2,3)4/h3-6,12,17,20H,7-9H2,1-2H3;2*2-3,11-12,15,19,21-22H,4-7H2,1H3;2*(H2,1,2,3,4)/p+1/t12-,17?,18+;2*11-,12?,15?,16+,17+;;/m111../s1. The third kappa shape index (κ3) is 7.41. The van der Waals surface area contributed by atoms with Crippen LogP contribution in [0.25, 0.3) is 0 Å². The van der Waals surface area contributed by atoms with Gasteiger partial charge in [-0.25, -0.2) is 4.55 Å². The summed E-state index contributed by atoms with van der Waals surface area (Å²) in [5.74, 6) is 1.99. The summed E-state index contributed by atoms with van der Waals surface area (Å²) in [6.45, 7) is 2.45. The van der Waals surface area contributed by atoms with Crippen molar-refractivity contribution in [3.8, 4) is 34.5 Å². The second-order valence-electron chi connectivity index (χ2n) is 22.4. The van der Waals surface area contributed by atoms with Crippen LogP contribution in [0.5, 0.6) is 34.5 Å². The van der Waals surface area contributed by atoms with E-state index < -0.39 is 67.2 Å². The number of ketones is 2. The lowest BCUT2D eigenvalue weighted by molar-refractivity contribution is -0.226. The smallest absolute Gasteiger partial charge is 0.504 e. The normalized spacial score (nSPS) is 37.1. The maximum absolute atomic E-state index is 12.6. The zero-order chi connectivity index (χ0) is 56.4. The highest BCUT2D eigenvalue weighted by Gasteiger charge is 2.77. The minimum absolute atomic E-state index is 0.00505. The number of Topliss-reactive ketones (excluding diaryl/α,β-unsaturated/α-hetero) is 2. The largest absolute Gasteiger partial charge is 0.526 e. The number of hydrogen-bond donors (Lipinski definition) is 10. The molecular formula is C52H62N3O21S2+. The van der Waals surface area contributed by atoms with Crippen LogP contribution in [0.2, 0.25) is 0 Å². The van der Waals surface area contributed by atoms with Crippen LogP contribution in [0, 0.1) is 0 Å². The number of carbonyl (C=O) groups is 2. The molecule has 26 heteroatoms. The molecule has 13 atom stereocenters. The number of ether oxygens (including phenoxy) is 4. The third-order valence-corrected chi connectivity index (χ3v) is 19.1. The maximum Gasteiger partial charge on any atom is 0.526 e. The lowest BCUT2D eigenvalue weighted by Crippen LogP contribution is -2.80. The van der Waals surface area contributed by atoms with E-state index in [-0.39, 0.29) is 65.3 Å². The number of piperidine rings is 3. The maximum atomic E-state index is 12.6. The molecule has 12 aliphatic rings. The van der Waals surface area contributed by atoms with Crippen molar-refractivity contribution in [3.05, 3.63) is 93.3 Å². The predicted molar refractivity (Wildman–Crippen MR) is 270 cm³/mol. The van der Waals surface area contributed by atoms with E-state index in [1.54, 1.807) is 25.3 Å². The van der Waals surface area contributed by atoms with Gasteiger partial charge in [-0.2, -0.15) is 8.42 Å². The summed E-state index contributed by atoms with van der Waals surface area (Å²) in [6.07, 6.45) is 4.17. The summed E-state index contributed by atoms with van der Waals surface area (Å²) >= 11 is 0. The van der Waals surface area contributed by atoms with E-state index >= 15 is 0 Å². The van der Waals surface area contributed by atoms with Gasteiger partial charge in [0.15, 0.2) is 64.4 Å². The van der Waals surface area contributed by atoms with Crippen molar-refractivity contribution >= 4 is 32.4 Å². The molecule has 3 aromatic rings. The number of phenolic OH excluding ortho intramolecular Hbond substituents is 3. The van der Waals surface area contributed by atoms with Gasteiger partial charge in [-0.3, -0.25) is 23.6 Å². The number of hydrogen-bond acceptors (Lipinski definition) is 20. The Kier molecular flexibility index (Phi) is 12.6. The summed E-state index contributed by atoms with van der Waals surface area (Å²) in [4.78, 5) is 31.7. The van der Waals surface area contributed by atoms with E-state index in [4.69, 9.17) is 54.0 Å². The van der Waals surface area contributed by atoms with Crippen LogP contribution in [0.3, 0.4) is 0 Å². The number of allylic oxidation sites excluding steroid dienone is 2. The monoisotopic (exact) mass is 1130 g/mol. The number of rotatable bonds is 1. The number of phenols is 3. The highest BCUT2D eigenvalue weighted by atomic mass is 32.3. The van der Waals surface area contributed by atoms with Crippen molar-refractivity contribution in [2.24, 2.45) is 0 Å². The van der Waals surface area contributed by atoms with Gasteiger partial charge in [-0.1, -0.05) is 24.3 Å². The first-order chi connectivity index (χ1) is 36.5. The van der Waals surface area contributed by atoms with Crippen molar-refractivity contribution in [3.63, 3.8) is 0 Å². The molecule has 0 amide bonds. The van der Waals surface area contributed by atoms with Gasteiger partial charge in [-0.15, -0.1) is 8.42 Å². The molecule has 3 saturated heterocycles. The number of likely N-dealkylation sites (N-methyl/N-ethyl adjacent to an activating group) is 3. The van der Waals surface area contributed by atoms with Gasteiger partial charge in [0.2, 0.25) is 0 Å². The molecule has 6 heterocycles. The van der Waals surface area contributed by atoms with Gasteiger partial charge in [-0.05, 0) is 126 Å². The van der Waals surface area contributed by atoms with Crippen LogP contribution in [0.1, 0.15) is 65.5 Å². The molecule has 12 N–H and O–H groups in total. The average molecular weight is 1130 g/mol. The lowest BCUT2D eigenvalue weighted by atomic mass is 9.48. The third-order valence-electron chi connectivity index (χ3n) is 19.1. The predicted octanol–water partition coefficient (Wildman–Crippen LogP) is -0.585. The topological polar surface area (TPSA) is 374 Å². The highest BCUT2D eigenvalue weighted by molar-refractivity contribution is 7.80. The Balaban J connectivity index is 0.000000114. The number of nitrogens with zero attached hydrogens (tertiary/aromatic N) is 3. The highest BCUT2D eigenvalue weighted by Crippen LogP contribution is 2.67. The van der Waals surface area contributed by atoms with Crippen molar-refractivity contribution < 1.29 is 99.3 Å². The summed E-state index contributed by atoms with van der Waals surface area (Å²) in [7, 11) is -1.31. The molecule has 15 rings (SSSR count). The Labute approximate surface area is 447 Å². The van der Waals surface area contributed by atoms with Crippen LogP contribution >= 0.6 is 0 Å². The Bertz CT molecular complexity index is 3200. The summed E-state index contributed by atoms with van der Waals surface area (Å²) in [5, 5.41) is 75.4. The number of aromatic hydroxyl groups is 3. The molecule has 422 valence electrons. The first-order valence-electron chi connectivity index (χ1n) is 25.4. The summed E-state index contributed by atoms with van der Waals surface area (Å²) in [5.41, 5.74) is 2.44. The number of methoxy groups -OCH3 is 1. The van der Waals surface area contributed by atoms with E-state index in [9.17, 15) is 45.3 Å². The fourth-order valence-corrected chi connectivity index (χ4v) is 16.1. The van der Waals surface area contributed by atoms with Crippen LogP contribution in [-0.4, -0.2) is 205 Å². The van der Waals surface area contributed by atoms with Crippen LogP contribution in [-0.2, 0) is 70.6 Å². The van der Waals surface area contributed by atoms with Crippen molar-refractivity contribution in [2.75, 3.05) is 47.9 Å². The van der Waals surface area contributed by atoms with Crippen LogP contribution in [0.4, 0.5) is 0 Å². The van der Waals surface area contributed by atoms with Gasteiger partial charge in [0.25, 0.3) is 0 Å². The number of aliphatic hydroxyl groups excluding tert-OH is 2. The Morgan fingerprint density at radius 1 is 0.590 bits per heavy atom. The molecule has 6 bridgehead atoms. The molecule has 24 nitrogen and oxygen atoms in total.